The zero-order chi connectivity index (χ0) is 15.2. The normalized spacial score (nSPS) is 15.0. The van der Waals surface area contributed by atoms with Gasteiger partial charge in [0.15, 0.2) is 0 Å². The maximum absolute atomic E-state index is 9.16. The summed E-state index contributed by atoms with van der Waals surface area (Å²) in [6.07, 6.45) is 6.72. The van der Waals surface area contributed by atoms with E-state index in [9.17, 15) is 0 Å². The molecule has 1 N–H and O–H groups in total. The lowest BCUT2D eigenvalue weighted by Gasteiger charge is -2.20. The Labute approximate surface area is 130 Å². The standard InChI is InChI=1S/C17H19N5/c18-13-14-7-3-4-8-15(14)20-16-9-10-19-17(21-16)22-11-5-1-2-6-12-22/h3-4,7-10H,1-2,5-6,11-12H2,(H,19,20,21). The van der Waals surface area contributed by atoms with Crippen LogP contribution in [0, 0.1) is 11.3 Å². The molecule has 0 bridgehead atoms. The van der Waals surface area contributed by atoms with Gasteiger partial charge in [0.2, 0.25) is 5.95 Å². The van der Waals surface area contributed by atoms with Crippen molar-refractivity contribution >= 4 is 17.5 Å². The second kappa shape index (κ2) is 6.90. The van der Waals surface area contributed by atoms with Crippen molar-refractivity contribution < 1.29 is 0 Å². The van der Waals surface area contributed by atoms with E-state index >= 15 is 0 Å². The summed E-state index contributed by atoms with van der Waals surface area (Å²) in [6, 6.07) is 11.4. The molecule has 1 aromatic heterocycles. The molecular weight excluding hydrogens is 274 g/mol. The minimum absolute atomic E-state index is 0.609. The number of rotatable bonds is 3. The Morgan fingerprint density at radius 1 is 1.05 bits per heavy atom. The Hall–Kier alpha value is -2.61. The lowest BCUT2D eigenvalue weighted by atomic mass is 10.2. The third-order valence-electron chi connectivity index (χ3n) is 3.84. The summed E-state index contributed by atoms with van der Waals surface area (Å²) in [5.41, 5.74) is 1.38. The monoisotopic (exact) mass is 293 g/mol. The molecular formula is C17H19N5. The van der Waals surface area contributed by atoms with Crippen molar-refractivity contribution in [3.8, 4) is 6.07 Å². The highest BCUT2D eigenvalue weighted by Gasteiger charge is 2.13. The van der Waals surface area contributed by atoms with Gasteiger partial charge in [0.05, 0.1) is 11.3 Å². The average Bonchev–Trinajstić information content (AvgIpc) is 2.85. The molecule has 1 aromatic carbocycles. The maximum Gasteiger partial charge on any atom is 0.227 e. The van der Waals surface area contributed by atoms with Crippen molar-refractivity contribution in [2.45, 2.75) is 25.7 Å². The van der Waals surface area contributed by atoms with Crippen molar-refractivity contribution in [2.75, 3.05) is 23.3 Å². The van der Waals surface area contributed by atoms with Crippen LogP contribution in [-0.4, -0.2) is 23.1 Å². The Morgan fingerprint density at radius 3 is 2.59 bits per heavy atom. The predicted octanol–water partition coefficient (Wildman–Crippen LogP) is 3.47. The van der Waals surface area contributed by atoms with Gasteiger partial charge in [0.1, 0.15) is 11.9 Å². The first-order chi connectivity index (χ1) is 10.9. The second-order valence-electron chi connectivity index (χ2n) is 5.43. The summed E-state index contributed by atoms with van der Waals surface area (Å²) < 4.78 is 0. The molecule has 2 aromatic rings. The Morgan fingerprint density at radius 2 is 1.82 bits per heavy atom. The SMILES string of the molecule is N#Cc1ccccc1Nc1ccnc(N2CCCCCC2)n1. The molecule has 112 valence electrons. The highest BCUT2D eigenvalue weighted by molar-refractivity contribution is 5.64. The number of hydrogen-bond acceptors (Lipinski definition) is 5. The molecule has 5 nitrogen and oxygen atoms in total. The van der Waals surface area contributed by atoms with Gasteiger partial charge < -0.3 is 10.2 Å². The third kappa shape index (κ3) is 3.34. The molecule has 1 fully saturated rings. The van der Waals surface area contributed by atoms with Gasteiger partial charge in [0, 0.05) is 19.3 Å². The van der Waals surface area contributed by atoms with Gasteiger partial charge in [-0.25, -0.2) is 4.98 Å². The third-order valence-corrected chi connectivity index (χ3v) is 3.84. The highest BCUT2D eigenvalue weighted by atomic mass is 15.3. The average molecular weight is 293 g/mol. The van der Waals surface area contributed by atoms with Crippen molar-refractivity contribution in [1.82, 2.24) is 9.97 Å². The molecule has 1 aliphatic heterocycles. The number of benzene rings is 1. The van der Waals surface area contributed by atoms with Crippen LogP contribution in [0.25, 0.3) is 0 Å². The zero-order valence-corrected chi connectivity index (χ0v) is 12.5. The Bertz CT molecular complexity index is 669. The van der Waals surface area contributed by atoms with Gasteiger partial charge >= 0.3 is 0 Å². The van der Waals surface area contributed by atoms with E-state index in [1.165, 1.54) is 25.7 Å². The van der Waals surface area contributed by atoms with E-state index in [-0.39, 0.29) is 0 Å². The van der Waals surface area contributed by atoms with E-state index in [0.29, 0.717) is 5.56 Å². The number of nitrogens with zero attached hydrogens (tertiary/aromatic N) is 4. The van der Waals surface area contributed by atoms with Crippen LogP contribution < -0.4 is 10.2 Å². The molecule has 0 aliphatic carbocycles. The topological polar surface area (TPSA) is 64.8 Å². The highest BCUT2D eigenvalue weighted by Crippen LogP contribution is 2.21. The molecule has 0 radical (unpaired) electrons. The molecule has 0 unspecified atom stereocenters. The van der Waals surface area contributed by atoms with Crippen LogP contribution in [0.15, 0.2) is 36.5 Å². The van der Waals surface area contributed by atoms with E-state index in [0.717, 1.165) is 30.5 Å². The molecule has 1 saturated heterocycles. The summed E-state index contributed by atoms with van der Waals surface area (Å²) >= 11 is 0. The summed E-state index contributed by atoms with van der Waals surface area (Å²) in [6.45, 7) is 2.02. The minimum Gasteiger partial charge on any atom is -0.341 e. The zero-order valence-electron chi connectivity index (χ0n) is 12.5. The summed E-state index contributed by atoms with van der Waals surface area (Å²) in [4.78, 5) is 11.2. The van der Waals surface area contributed by atoms with Crippen LogP contribution in [-0.2, 0) is 0 Å². The van der Waals surface area contributed by atoms with Crippen LogP contribution in [0.1, 0.15) is 31.2 Å². The number of para-hydroxylation sites is 1. The molecule has 22 heavy (non-hydrogen) atoms. The van der Waals surface area contributed by atoms with E-state index in [1.54, 1.807) is 12.3 Å². The van der Waals surface area contributed by atoms with Crippen molar-refractivity contribution in [3.05, 3.63) is 42.1 Å². The van der Waals surface area contributed by atoms with Gasteiger partial charge in [-0.15, -0.1) is 0 Å². The quantitative estimate of drug-likeness (QED) is 0.938. The molecule has 5 heteroatoms. The molecule has 0 amide bonds. The Balaban J connectivity index is 1.80. The maximum atomic E-state index is 9.16. The number of nitriles is 1. The molecule has 0 spiro atoms. The molecule has 2 heterocycles. The molecule has 0 atom stereocenters. The number of nitrogens with one attached hydrogen (secondary N) is 1. The number of hydrogen-bond donors (Lipinski definition) is 1. The van der Waals surface area contributed by atoms with E-state index in [2.05, 4.69) is 26.3 Å². The van der Waals surface area contributed by atoms with Gasteiger partial charge in [-0.05, 0) is 31.0 Å². The lowest BCUT2D eigenvalue weighted by Crippen LogP contribution is -2.26. The fourth-order valence-electron chi connectivity index (χ4n) is 2.67. The van der Waals surface area contributed by atoms with Crippen molar-refractivity contribution in [2.24, 2.45) is 0 Å². The minimum atomic E-state index is 0.609. The van der Waals surface area contributed by atoms with E-state index in [4.69, 9.17) is 5.26 Å². The van der Waals surface area contributed by atoms with Crippen molar-refractivity contribution in [1.29, 1.82) is 5.26 Å². The fourth-order valence-corrected chi connectivity index (χ4v) is 2.67. The van der Waals surface area contributed by atoms with Gasteiger partial charge in [-0.1, -0.05) is 25.0 Å². The molecule has 1 aliphatic rings. The second-order valence-corrected chi connectivity index (χ2v) is 5.43. The summed E-state index contributed by atoms with van der Waals surface area (Å²) in [5, 5.41) is 12.4. The van der Waals surface area contributed by atoms with Gasteiger partial charge in [0.25, 0.3) is 0 Å². The summed E-state index contributed by atoms with van der Waals surface area (Å²) in [7, 11) is 0. The van der Waals surface area contributed by atoms with Crippen LogP contribution in [0.2, 0.25) is 0 Å². The van der Waals surface area contributed by atoms with Crippen LogP contribution in [0.4, 0.5) is 17.5 Å². The fraction of sp³-hybridized carbons (Fsp3) is 0.353. The predicted molar refractivity (Wildman–Crippen MR) is 87.2 cm³/mol. The summed E-state index contributed by atoms with van der Waals surface area (Å²) in [5.74, 6) is 1.48. The molecule has 0 saturated carbocycles. The number of anilines is 3. The Kier molecular flexibility index (Phi) is 4.50. The first-order valence-electron chi connectivity index (χ1n) is 7.71. The van der Waals surface area contributed by atoms with Crippen LogP contribution in [0.3, 0.4) is 0 Å². The smallest absolute Gasteiger partial charge is 0.227 e. The first kappa shape index (κ1) is 14.3. The largest absolute Gasteiger partial charge is 0.341 e. The van der Waals surface area contributed by atoms with E-state index < -0.39 is 0 Å². The lowest BCUT2D eigenvalue weighted by molar-refractivity contribution is 0.726. The van der Waals surface area contributed by atoms with Crippen LogP contribution >= 0.6 is 0 Å². The number of aromatic nitrogens is 2. The van der Waals surface area contributed by atoms with Gasteiger partial charge in [-0.2, -0.15) is 10.2 Å². The van der Waals surface area contributed by atoms with Crippen molar-refractivity contribution in [3.63, 3.8) is 0 Å². The van der Waals surface area contributed by atoms with Gasteiger partial charge in [-0.3, -0.25) is 0 Å². The first-order valence-corrected chi connectivity index (χ1v) is 7.71. The van der Waals surface area contributed by atoms with Crippen LogP contribution in [0.5, 0.6) is 0 Å². The molecule has 3 rings (SSSR count). The van der Waals surface area contributed by atoms with E-state index in [1.807, 2.05) is 24.3 Å².